The number of para-hydroxylation sites is 1. The third-order valence-corrected chi connectivity index (χ3v) is 12.8. The van der Waals surface area contributed by atoms with Crippen molar-refractivity contribution >= 4 is 78.8 Å². The fourth-order valence-electron chi connectivity index (χ4n) is 5.84. The van der Waals surface area contributed by atoms with Crippen LogP contribution in [0.25, 0.3) is 0 Å². The van der Waals surface area contributed by atoms with Crippen LogP contribution in [0.5, 0.6) is 5.75 Å². The lowest BCUT2D eigenvalue weighted by molar-refractivity contribution is -0.119. The zero-order valence-corrected chi connectivity index (χ0v) is 31.8. The number of likely N-dealkylation sites (tertiary alicyclic amines) is 1. The van der Waals surface area contributed by atoms with E-state index in [9.17, 15) is 13.2 Å². The van der Waals surface area contributed by atoms with E-state index in [1.165, 1.54) is 29.9 Å². The number of hydrogen-bond acceptors (Lipinski definition) is 10. The Labute approximate surface area is 304 Å². The quantitative estimate of drug-likeness (QED) is 0.158. The minimum Gasteiger partial charge on any atom is -0.489 e. The second-order valence-corrected chi connectivity index (χ2v) is 17.6. The van der Waals surface area contributed by atoms with E-state index in [0.29, 0.717) is 34.8 Å². The van der Waals surface area contributed by atoms with Crippen LogP contribution < -0.4 is 20.7 Å². The number of thioether (sulfide) groups is 1. The summed E-state index contributed by atoms with van der Waals surface area (Å²) < 4.78 is 33.1. The van der Waals surface area contributed by atoms with Gasteiger partial charge < -0.3 is 25.6 Å². The molecule has 3 N–H and O–H groups in total. The topological polar surface area (TPSA) is 126 Å². The first-order valence-corrected chi connectivity index (χ1v) is 20.1. The van der Waals surface area contributed by atoms with Crippen LogP contribution in [0.4, 0.5) is 23.1 Å². The van der Waals surface area contributed by atoms with Crippen molar-refractivity contribution in [2.45, 2.75) is 94.9 Å². The molecule has 3 aromatic rings. The summed E-state index contributed by atoms with van der Waals surface area (Å²) >= 11 is 13.6. The molecule has 2 aromatic carbocycles. The molecule has 2 aliphatic rings. The molecule has 5 rings (SSSR count). The maximum absolute atomic E-state index is 13.0. The number of carbonyl (C=O) groups excluding carboxylic acids is 1. The second kappa shape index (κ2) is 16.3. The van der Waals surface area contributed by atoms with Gasteiger partial charge in [0.2, 0.25) is 11.9 Å². The number of piperidine rings is 1. The monoisotopic (exact) mass is 744 g/mol. The van der Waals surface area contributed by atoms with Crippen molar-refractivity contribution < 1.29 is 17.9 Å². The number of sulfone groups is 1. The second-order valence-electron chi connectivity index (χ2n) is 13.1. The molecular formula is C35H45ClN6O4S3. The molecule has 0 spiro atoms. The third-order valence-electron chi connectivity index (χ3n) is 8.78. The Morgan fingerprint density at radius 2 is 1.80 bits per heavy atom. The van der Waals surface area contributed by atoms with Gasteiger partial charge in [-0.25, -0.2) is 13.4 Å². The van der Waals surface area contributed by atoms with Gasteiger partial charge in [-0.15, -0.1) is 0 Å². The van der Waals surface area contributed by atoms with E-state index in [0.717, 1.165) is 48.7 Å². The first-order valence-electron chi connectivity index (χ1n) is 16.7. The van der Waals surface area contributed by atoms with Crippen LogP contribution >= 0.6 is 35.6 Å². The van der Waals surface area contributed by atoms with E-state index in [1.54, 1.807) is 38.1 Å². The Hall–Kier alpha value is -3.13. The van der Waals surface area contributed by atoms with E-state index in [2.05, 4.69) is 49.9 Å². The summed E-state index contributed by atoms with van der Waals surface area (Å²) in [4.78, 5) is 23.7. The average molecular weight is 745 g/mol. The minimum absolute atomic E-state index is 0.0628. The molecular weight excluding hydrogens is 700 g/mol. The van der Waals surface area contributed by atoms with Crippen molar-refractivity contribution in [3.05, 3.63) is 58.7 Å². The number of anilines is 4. The molecule has 2 heterocycles. The maximum Gasteiger partial charge on any atom is 0.230 e. The van der Waals surface area contributed by atoms with Gasteiger partial charge in [0.15, 0.2) is 15.7 Å². The standard InChI is InChI=1S/C35H45ClN6O4S3/c1-21(2)46-30-18-26(24-13-15-42(16-14-24)35(47)48-20-32(43)38-25-9-8-10-25)23(5)17-29(30)40-34-37-19-27(36)33(41-34)39-28-11-6-7-12-31(28)49(44,45)22(3)4/h6-7,11-12,17-19,21-22,24-25H,8-10,13-16,20H2,1-5H3,(H,38,43)(H2,37,39,40,41). The zero-order chi connectivity index (χ0) is 35.3. The number of thiocarbonyl (C=S) groups is 1. The lowest BCUT2D eigenvalue weighted by atomic mass is 9.86. The van der Waals surface area contributed by atoms with E-state index in [-0.39, 0.29) is 33.7 Å². The molecule has 1 saturated heterocycles. The fourth-order valence-corrected chi connectivity index (χ4v) is 8.24. The van der Waals surface area contributed by atoms with Gasteiger partial charge in [0.1, 0.15) is 15.1 Å². The van der Waals surface area contributed by atoms with E-state index < -0.39 is 15.1 Å². The SMILES string of the molecule is Cc1cc(Nc2ncc(Cl)c(Nc3ccccc3S(=O)(=O)C(C)C)n2)c(OC(C)C)cc1C1CCN(C(=S)SCC(=O)NC2CCC2)CC1. The number of nitrogens with one attached hydrogen (secondary N) is 3. The Morgan fingerprint density at radius 1 is 1.08 bits per heavy atom. The number of carbonyl (C=O) groups is 1. The van der Waals surface area contributed by atoms with Crippen molar-refractivity contribution in [3.63, 3.8) is 0 Å². The number of aryl methyl sites for hydroxylation is 1. The van der Waals surface area contributed by atoms with E-state index in [4.69, 9.17) is 28.6 Å². The summed E-state index contributed by atoms with van der Waals surface area (Å²) in [5, 5.41) is 9.14. The lowest BCUT2D eigenvalue weighted by Crippen LogP contribution is -2.41. The predicted octanol–water partition coefficient (Wildman–Crippen LogP) is 7.76. The summed E-state index contributed by atoms with van der Waals surface area (Å²) in [6, 6.07) is 11.2. The van der Waals surface area contributed by atoms with E-state index >= 15 is 0 Å². The van der Waals surface area contributed by atoms with Crippen LogP contribution in [0.2, 0.25) is 5.02 Å². The van der Waals surface area contributed by atoms with Gasteiger partial charge in [0.25, 0.3) is 0 Å². The Bertz CT molecular complexity index is 1780. The molecule has 1 aliphatic carbocycles. The number of rotatable bonds is 12. The van der Waals surface area contributed by atoms with Crippen molar-refractivity contribution in [1.29, 1.82) is 0 Å². The van der Waals surface area contributed by atoms with Gasteiger partial charge in [0.05, 0.1) is 39.6 Å². The van der Waals surface area contributed by atoms with Crippen LogP contribution in [0, 0.1) is 6.92 Å². The molecule has 1 aromatic heterocycles. The average Bonchev–Trinajstić information content (AvgIpc) is 3.04. The van der Waals surface area contributed by atoms with Crippen LogP contribution in [0.3, 0.4) is 0 Å². The summed E-state index contributed by atoms with van der Waals surface area (Å²) in [5.74, 6) is 1.99. The normalized spacial score (nSPS) is 15.6. The Morgan fingerprint density at radius 3 is 2.45 bits per heavy atom. The van der Waals surface area contributed by atoms with Crippen LogP contribution in [0.15, 0.2) is 47.5 Å². The summed E-state index contributed by atoms with van der Waals surface area (Å²) in [6.45, 7) is 11.0. The molecule has 10 nitrogen and oxygen atoms in total. The number of aromatic nitrogens is 2. The van der Waals surface area contributed by atoms with Crippen molar-refractivity contribution in [3.8, 4) is 5.75 Å². The maximum atomic E-state index is 13.0. The molecule has 2 fully saturated rings. The highest BCUT2D eigenvalue weighted by molar-refractivity contribution is 8.23. The molecule has 1 saturated carbocycles. The summed E-state index contributed by atoms with van der Waals surface area (Å²) in [5.41, 5.74) is 3.43. The smallest absolute Gasteiger partial charge is 0.230 e. The molecule has 1 amide bonds. The number of benzene rings is 2. The van der Waals surface area contributed by atoms with Crippen LogP contribution in [-0.2, 0) is 14.6 Å². The van der Waals surface area contributed by atoms with Gasteiger partial charge in [-0.2, -0.15) is 4.98 Å². The highest BCUT2D eigenvalue weighted by Gasteiger charge is 2.27. The highest BCUT2D eigenvalue weighted by Crippen LogP contribution is 2.39. The van der Waals surface area contributed by atoms with Crippen molar-refractivity contribution in [2.24, 2.45) is 0 Å². The van der Waals surface area contributed by atoms with Crippen molar-refractivity contribution in [2.75, 3.05) is 29.5 Å². The molecule has 49 heavy (non-hydrogen) atoms. The van der Waals surface area contributed by atoms with Gasteiger partial charge in [-0.05, 0) is 108 Å². The zero-order valence-electron chi connectivity index (χ0n) is 28.6. The number of amides is 1. The Balaban J connectivity index is 1.28. The van der Waals surface area contributed by atoms with Gasteiger partial charge >= 0.3 is 0 Å². The van der Waals surface area contributed by atoms with Crippen LogP contribution in [-0.4, -0.2) is 69.8 Å². The minimum atomic E-state index is -3.56. The summed E-state index contributed by atoms with van der Waals surface area (Å²) in [6.07, 6.45) is 6.62. The third kappa shape index (κ3) is 9.36. The largest absolute Gasteiger partial charge is 0.489 e. The highest BCUT2D eigenvalue weighted by atomic mass is 35.5. The molecule has 264 valence electrons. The number of nitrogens with zero attached hydrogens (tertiary/aromatic N) is 3. The molecule has 0 radical (unpaired) electrons. The molecule has 0 unspecified atom stereocenters. The number of ether oxygens (including phenoxy) is 1. The van der Waals surface area contributed by atoms with Gasteiger partial charge in [0, 0.05) is 19.1 Å². The van der Waals surface area contributed by atoms with Crippen molar-refractivity contribution in [1.82, 2.24) is 20.2 Å². The van der Waals surface area contributed by atoms with Gasteiger partial charge in [-0.3, -0.25) is 4.79 Å². The molecule has 0 bridgehead atoms. The van der Waals surface area contributed by atoms with Crippen LogP contribution in [0.1, 0.15) is 76.8 Å². The first kappa shape index (κ1) is 37.1. The molecule has 1 aliphatic heterocycles. The lowest BCUT2D eigenvalue weighted by Gasteiger charge is -2.34. The Kier molecular flexibility index (Phi) is 12.3. The number of hydrogen-bond donors (Lipinski definition) is 3. The predicted molar refractivity (Wildman–Crippen MR) is 204 cm³/mol. The number of halogens is 1. The van der Waals surface area contributed by atoms with Gasteiger partial charge in [-0.1, -0.05) is 47.7 Å². The summed E-state index contributed by atoms with van der Waals surface area (Å²) in [7, 11) is -3.56. The van der Waals surface area contributed by atoms with E-state index in [1.807, 2.05) is 13.8 Å². The fraction of sp³-hybridized carbons (Fsp3) is 0.486. The molecule has 0 atom stereocenters. The first-order chi connectivity index (χ1) is 23.3. The molecule has 14 heteroatoms.